The molecule has 1 heterocycles. The maximum atomic E-state index is 12.1. The van der Waals surface area contributed by atoms with Crippen LogP contribution in [-0.4, -0.2) is 41.6 Å². The van der Waals surface area contributed by atoms with Gasteiger partial charge in [-0.15, -0.1) is 0 Å². The normalized spacial score (nSPS) is 25.3. The minimum atomic E-state index is -0.260. The molecule has 18 heavy (non-hydrogen) atoms. The lowest BCUT2D eigenvalue weighted by Gasteiger charge is -2.32. The standard InChI is InChI=1S/C13H22N2O2S/c14-13(18)11-9-15(7-8-17-11)12(16)6-5-10-3-1-2-4-10/h10-11H,1-9H2,(H2,14,18). The second-order valence-electron chi connectivity index (χ2n) is 5.29. The predicted molar refractivity (Wildman–Crippen MR) is 74.3 cm³/mol. The Labute approximate surface area is 114 Å². The van der Waals surface area contributed by atoms with Crippen molar-refractivity contribution in [3.05, 3.63) is 0 Å². The first-order valence-corrected chi connectivity index (χ1v) is 7.26. The summed E-state index contributed by atoms with van der Waals surface area (Å²) in [5, 5.41) is 0. The molecule has 2 rings (SSSR count). The van der Waals surface area contributed by atoms with Crippen LogP contribution in [0.25, 0.3) is 0 Å². The van der Waals surface area contributed by atoms with Crippen molar-refractivity contribution in [2.45, 2.75) is 44.6 Å². The van der Waals surface area contributed by atoms with E-state index in [2.05, 4.69) is 0 Å². The lowest BCUT2D eigenvalue weighted by Crippen LogP contribution is -2.49. The van der Waals surface area contributed by atoms with Crippen LogP contribution in [0, 0.1) is 5.92 Å². The number of morpholine rings is 1. The molecule has 0 aromatic rings. The van der Waals surface area contributed by atoms with E-state index in [4.69, 9.17) is 22.7 Å². The third-order valence-corrected chi connectivity index (χ3v) is 4.24. The number of ether oxygens (including phenoxy) is 1. The zero-order valence-corrected chi connectivity index (χ0v) is 11.6. The number of thiocarbonyl (C=S) groups is 1. The highest BCUT2D eigenvalue weighted by atomic mass is 32.1. The third kappa shape index (κ3) is 3.65. The second-order valence-corrected chi connectivity index (χ2v) is 5.76. The molecule has 1 saturated heterocycles. The maximum absolute atomic E-state index is 12.1. The molecule has 1 unspecified atom stereocenters. The van der Waals surface area contributed by atoms with Gasteiger partial charge in [0.15, 0.2) is 0 Å². The number of nitrogens with two attached hydrogens (primary N) is 1. The van der Waals surface area contributed by atoms with Crippen molar-refractivity contribution in [1.29, 1.82) is 0 Å². The Bertz CT molecular complexity index is 316. The van der Waals surface area contributed by atoms with Crippen molar-refractivity contribution < 1.29 is 9.53 Å². The average Bonchev–Trinajstić information content (AvgIpc) is 2.89. The van der Waals surface area contributed by atoms with Crippen LogP contribution in [-0.2, 0) is 9.53 Å². The highest BCUT2D eigenvalue weighted by Crippen LogP contribution is 2.28. The van der Waals surface area contributed by atoms with Crippen LogP contribution in [0.4, 0.5) is 0 Å². The molecule has 5 heteroatoms. The fourth-order valence-electron chi connectivity index (χ4n) is 2.83. The van der Waals surface area contributed by atoms with Crippen LogP contribution in [0.3, 0.4) is 0 Å². The molecule has 2 fully saturated rings. The summed E-state index contributed by atoms with van der Waals surface area (Å²) >= 11 is 4.92. The first-order chi connectivity index (χ1) is 8.66. The van der Waals surface area contributed by atoms with Crippen LogP contribution < -0.4 is 5.73 Å². The number of carbonyl (C=O) groups is 1. The SMILES string of the molecule is NC(=S)C1CN(C(=O)CCC2CCCC2)CCO1. The molecule has 0 radical (unpaired) electrons. The van der Waals surface area contributed by atoms with Gasteiger partial charge in [0, 0.05) is 13.0 Å². The summed E-state index contributed by atoms with van der Waals surface area (Å²) in [4.78, 5) is 14.3. The van der Waals surface area contributed by atoms with E-state index in [0.29, 0.717) is 31.1 Å². The highest BCUT2D eigenvalue weighted by molar-refractivity contribution is 7.80. The predicted octanol–water partition coefficient (Wildman–Crippen LogP) is 1.47. The van der Waals surface area contributed by atoms with Gasteiger partial charge >= 0.3 is 0 Å². The van der Waals surface area contributed by atoms with Crippen LogP contribution in [0.2, 0.25) is 0 Å². The Morgan fingerprint density at radius 1 is 1.39 bits per heavy atom. The highest BCUT2D eigenvalue weighted by Gasteiger charge is 2.26. The van der Waals surface area contributed by atoms with Gasteiger partial charge < -0.3 is 15.4 Å². The summed E-state index contributed by atoms with van der Waals surface area (Å²) in [5.41, 5.74) is 5.57. The molecule has 1 aliphatic carbocycles. The van der Waals surface area contributed by atoms with E-state index < -0.39 is 0 Å². The van der Waals surface area contributed by atoms with Crippen LogP contribution >= 0.6 is 12.2 Å². The van der Waals surface area contributed by atoms with Crippen LogP contribution in [0.1, 0.15) is 38.5 Å². The number of rotatable bonds is 4. The monoisotopic (exact) mass is 270 g/mol. The summed E-state index contributed by atoms with van der Waals surface area (Å²) in [6, 6.07) is 0. The van der Waals surface area contributed by atoms with E-state index in [-0.39, 0.29) is 12.0 Å². The number of amides is 1. The second kappa shape index (κ2) is 6.48. The van der Waals surface area contributed by atoms with E-state index in [1.807, 2.05) is 4.90 Å². The lowest BCUT2D eigenvalue weighted by molar-refractivity contribution is -0.136. The number of hydrogen-bond donors (Lipinski definition) is 1. The molecule has 102 valence electrons. The topological polar surface area (TPSA) is 55.6 Å². The van der Waals surface area contributed by atoms with E-state index in [1.54, 1.807) is 0 Å². The molecule has 2 N–H and O–H groups in total. The maximum Gasteiger partial charge on any atom is 0.222 e. The minimum absolute atomic E-state index is 0.228. The van der Waals surface area contributed by atoms with Gasteiger partial charge in [-0.3, -0.25) is 4.79 Å². The average molecular weight is 270 g/mol. The first kappa shape index (κ1) is 13.7. The van der Waals surface area contributed by atoms with Crippen molar-refractivity contribution in [3.63, 3.8) is 0 Å². The number of carbonyl (C=O) groups excluding carboxylic acids is 1. The van der Waals surface area contributed by atoms with Crippen molar-refractivity contribution in [3.8, 4) is 0 Å². The molecule has 0 spiro atoms. The van der Waals surface area contributed by atoms with Gasteiger partial charge in [-0.1, -0.05) is 37.9 Å². The van der Waals surface area contributed by atoms with Gasteiger partial charge in [0.05, 0.1) is 13.2 Å². The zero-order valence-electron chi connectivity index (χ0n) is 10.8. The summed E-state index contributed by atoms with van der Waals surface area (Å²) in [6.45, 7) is 1.73. The molecule has 1 amide bonds. The van der Waals surface area contributed by atoms with Crippen molar-refractivity contribution >= 4 is 23.1 Å². The van der Waals surface area contributed by atoms with Crippen LogP contribution in [0.15, 0.2) is 0 Å². The Kier molecular flexibility index (Phi) is 4.95. The largest absolute Gasteiger partial charge is 0.391 e. The molecule has 1 saturated carbocycles. The zero-order chi connectivity index (χ0) is 13.0. The fraction of sp³-hybridized carbons (Fsp3) is 0.846. The lowest BCUT2D eigenvalue weighted by atomic mass is 10.0. The van der Waals surface area contributed by atoms with Gasteiger partial charge in [0.25, 0.3) is 0 Å². The van der Waals surface area contributed by atoms with E-state index in [1.165, 1.54) is 25.7 Å². The van der Waals surface area contributed by atoms with Crippen molar-refractivity contribution in [1.82, 2.24) is 4.90 Å². The van der Waals surface area contributed by atoms with Gasteiger partial charge in [0.1, 0.15) is 11.1 Å². The van der Waals surface area contributed by atoms with Crippen molar-refractivity contribution in [2.75, 3.05) is 19.7 Å². The van der Waals surface area contributed by atoms with Gasteiger partial charge in [-0.05, 0) is 12.3 Å². The number of hydrogen-bond acceptors (Lipinski definition) is 3. The summed E-state index contributed by atoms with van der Waals surface area (Å²) < 4.78 is 5.44. The fourth-order valence-corrected chi connectivity index (χ4v) is 2.98. The van der Waals surface area contributed by atoms with Gasteiger partial charge in [-0.2, -0.15) is 0 Å². The van der Waals surface area contributed by atoms with Gasteiger partial charge in [-0.25, -0.2) is 0 Å². The van der Waals surface area contributed by atoms with Gasteiger partial charge in [0.2, 0.25) is 5.91 Å². The van der Waals surface area contributed by atoms with Crippen molar-refractivity contribution in [2.24, 2.45) is 11.7 Å². The molecule has 0 aromatic carbocycles. The molecular weight excluding hydrogens is 248 g/mol. The molecule has 4 nitrogen and oxygen atoms in total. The van der Waals surface area contributed by atoms with Crippen LogP contribution in [0.5, 0.6) is 0 Å². The number of nitrogens with zero attached hydrogens (tertiary/aromatic N) is 1. The minimum Gasteiger partial charge on any atom is -0.391 e. The molecular formula is C13H22N2O2S. The summed E-state index contributed by atoms with van der Waals surface area (Å²) in [6.07, 6.45) is 6.70. The third-order valence-electron chi connectivity index (χ3n) is 3.98. The Morgan fingerprint density at radius 3 is 2.78 bits per heavy atom. The summed E-state index contributed by atoms with van der Waals surface area (Å²) in [7, 11) is 0. The Balaban J connectivity index is 1.75. The summed E-state index contributed by atoms with van der Waals surface area (Å²) in [5.74, 6) is 0.993. The Morgan fingerprint density at radius 2 is 2.11 bits per heavy atom. The molecule has 0 bridgehead atoms. The van der Waals surface area contributed by atoms with E-state index >= 15 is 0 Å². The molecule has 1 atom stereocenters. The molecule has 0 aromatic heterocycles. The van der Waals surface area contributed by atoms with E-state index in [0.717, 1.165) is 12.3 Å². The Hall–Kier alpha value is -0.680. The first-order valence-electron chi connectivity index (χ1n) is 6.85. The molecule has 1 aliphatic heterocycles. The molecule has 2 aliphatic rings. The van der Waals surface area contributed by atoms with E-state index in [9.17, 15) is 4.79 Å². The smallest absolute Gasteiger partial charge is 0.222 e. The quantitative estimate of drug-likeness (QED) is 0.786.